The van der Waals surface area contributed by atoms with Crippen molar-refractivity contribution in [3.05, 3.63) is 102 Å². The van der Waals surface area contributed by atoms with Crippen LogP contribution in [0.3, 0.4) is 0 Å². The van der Waals surface area contributed by atoms with Gasteiger partial charge in [-0.15, -0.1) is 0 Å². The van der Waals surface area contributed by atoms with Crippen LogP contribution in [0, 0.1) is 18.6 Å². The summed E-state index contributed by atoms with van der Waals surface area (Å²) in [6.45, 7) is 6.03. The molecule has 0 radical (unpaired) electrons. The van der Waals surface area contributed by atoms with E-state index < -0.39 is 11.6 Å². The van der Waals surface area contributed by atoms with Crippen LogP contribution in [-0.2, 0) is 18.3 Å². The molecule has 36 heavy (non-hydrogen) atoms. The molecule has 0 bridgehead atoms. The van der Waals surface area contributed by atoms with Crippen LogP contribution >= 0.6 is 0 Å². The summed E-state index contributed by atoms with van der Waals surface area (Å²) in [5, 5.41) is 12.2. The van der Waals surface area contributed by atoms with E-state index in [9.17, 15) is 13.6 Å². The SMILES string of the molecule is C=C1C[C@@H](NC(=O)Cc2c(C)c(-c3cnn(C)c3)nn2-c2ccccc2)[C@H](c2ccc(F)c(F)c2)C1. The highest BCUT2D eigenvalue weighted by atomic mass is 19.2. The van der Waals surface area contributed by atoms with Crippen LogP contribution < -0.4 is 5.32 Å². The van der Waals surface area contributed by atoms with Crippen molar-refractivity contribution in [1.82, 2.24) is 24.9 Å². The molecule has 2 aromatic heterocycles. The summed E-state index contributed by atoms with van der Waals surface area (Å²) in [7, 11) is 1.85. The molecule has 2 atom stereocenters. The molecule has 2 heterocycles. The zero-order chi connectivity index (χ0) is 25.4. The van der Waals surface area contributed by atoms with Crippen molar-refractivity contribution in [2.75, 3.05) is 0 Å². The van der Waals surface area contributed by atoms with E-state index in [4.69, 9.17) is 5.10 Å². The number of benzene rings is 2. The lowest BCUT2D eigenvalue weighted by Gasteiger charge is -2.21. The van der Waals surface area contributed by atoms with Gasteiger partial charge in [0.15, 0.2) is 11.6 Å². The summed E-state index contributed by atoms with van der Waals surface area (Å²) < 4.78 is 30.9. The molecule has 1 amide bonds. The van der Waals surface area contributed by atoms with Crippen LogP contribution in [0.1, 0.15) is 35.6 Å². The van der Waals surface area contributed by atoms with Crippen LogP contribution in [0.15, 0.2) is 73.1 Å². The van der Waals surface area contributed by atoms with Crippen LogP contribution in [0.2, 0.25) is 0 Å². The van der Waals surface area contributed by atoms with Crippen molar-refractivity contribution in [2.24, 2.45) is 7.05 Å². The normalized spacial score (nSPS) is 17.5. The van der Waals surface area contributed by atoms with Gasteiger partial charge >= 0.3 is 0 Å². The summed E-state index contributed by atoms with van der Waals surface area (Å²) in [5.41, 5.74) is 5.79. The first kappa shape index (κ1) is 23.7. The molecule has 2 aromatic carbocycles. The highest BCUT2D eigenvalue weighted by Crippen LogP contribution is 2.38. The molecule has 0 unspecified atom stereocenters. The molecule has 4 aromatic rings. The van der Waals surface area contributed by atoms with Gasteiger partial charge in [0.25, 0.3) is 0 Å². The zero-order valence-corrected chi connectivity index (χ0v) is 20.2. The summed E-state index contributed by atoms with van der Waals surface area (Å²) in [6, 6.07) is 13.4. The van der Waals surface area contributed by atoms with E-state index in [0.29, 0.717) is 18.4 Å². The molecule has 1 aliphatic rings. The molecule has 1 N–H and O–H groups in total. The lowest BCUT2D eigenvalue weighted by atomic mass is 9.93. The smallest absolute Gasteiger partial charge is 0.226 e. The first-order chi connectivity index (χ1) is 17.3. The minimum absolute atomic E-state index is 0.113. The summed E-state index contributed by atoms with van der Waals surface area (Å²) in [6.07, 6.45) is 4.97. The Kier molecular flexibility index (Phi) is 6.26. The molecule has 184 valence electrons. The van der Waals surface area contributed by atoms with E-state index in [1.165, 1.54) is 6.07 Å². The van der Waals surface area contributed by atoms with Gasteiger partial charge in [-0.05, 0) is 55.2 Å². The van der Waals surface area contributed by atoms with E-state index in [1.807, 2.05) is 50.5 Å². The number of nitrogens with zero attached hydrogens (tertiary/aromatic N) is 4. The molecule has 1 aliphatic carbocycles. The van der Waals surface area contributed by atoms with Crippen molar-refractivity contribution >= 4 is 5.91 Å². The van der Waals surface area contributed by atoms with Gasteiger partial charge in [0, 0.05) is 30.8 Å². The number of rotatable bonds is 6. The highest BCUT2D eigenvalue weighted by molar-refractivity contribution is 5.80. The monoisotopic (exact) mass is 487 g/mol. The summed E-state index contributed by atoms with van der Waals surface area (Å²) in [5.74, 6) is -2.10. The van der Waals surface area contributed by atoms with Crippen molar-refractivity contribution in [1.29, 1.82) is 0 Å². The van der Waals surface area contributed by atoms with Gasteiger partial charge in [-0.1, -0.05) is 36.4 Å². The van der Waals surface area contributed by atoms with Gasteiger partial charge in [0.2, 0.25) is 5.91 Å². The molecule has 8 heteroatoms. The van der Waals surface area contributed by atoms with E-state index >= 15 is 0 Å². The van der Waals surface area contributed by atoms with Crippen molar-refractivity contribution < 1.29 is 13.6 Å². The zero-order valence-electron chi connectivity index (χ0n) is 20.2. The average molecular weight is 488 g/mol. The Bertz CT molecular complexity index is 1440. The fraction of sp³-hybridized carbons (Fsp3) is 0.250. The van der Waals surface area contributed by atoms with Crippen LogP contribution in [0.5, 0.6) is 0 Å². The quantitative estimate of drug-likeness (QED) is 0.389. The minimum atomic E-state index is -0.889. The third-order valence-electron chi connectivity index (χ3n) is 6.77. The fourth-order valence-electron chi connectivity index (χ4n) is 4.98. The maximum absolute atomic E-state index is 13.9. The Morgan fingerprint density at radius 2 is 1.92 bits per heavy atom. The third-order valence-corrected chi connectivity index (χ3v) is 6.77. The lowest BCUT2D eigenvalue weighted by molar-refractivity contribution is -0.121. The van der Waals surface area contributed by atoms with E-state index in [1.54, 1.807) is 21.6 Å². The van der Waals surface area contributed by atoms with Crippen LogP contribution in [0.25, 0.3) is 16.9 Å². The Balaban J connectivity index is 1.43. The fourth-order valence-corrected chi connectivity index (χ4v) is 4.98. The standard InChI is InChI=1S/C28H27F2N5O/c1-17-11-22(19-9-10-23(29)24(30)13-19)25(12-17)32-27(36)14-26-18(2)28(20-15-31-34(3)16-20)33-35(26)21-7-5-4-6-8-21/h4-10,13,15-16,22,25H,1,11-12,14H2,2-3H3,(H,32,36)/t22-,25+/m0/s1. The Labute approximate surface area is 208 Å². The number of amides is 1. The number of hydrogen-bond acceptors (Lipinski definition) is 3. The number of halogens is 2. The number of carbonyl (C=O) groups excluding carboxylic acids is 1. The van der Waals surface area contributed by atoms with Crippen LogP contribution in [0.4, 0.5) is 8.78 Å². The van der Waals surface area contributed by atoms with Gasteiger partial charge in [0.05, 0.1) is 29.7 Å². The van der Waals surface area contributed by atoms with Gasteiger partial charge in [-0.2, -0.15) is 10.2 Å². The second-order valence-electron chi connectivity index (χ2n) is 9.36. The predicted molar refractivity (Wildman–Crippen MR) is 134 cm³/mol. The Hall–Kier alpha value is -4.07. The predicted octanol–water partition coefficient (Wildman–Crippen LogP) is 5.02. The first-order valence-corrected chi connectivity index (χ1v) is 11.8. The molecular weight excluding hydrogens is 460 g/mol. The van der Waals surface area contributed by atoms with Gasteiger partial charge in [-0.3, -0.25) is 9.48 Å². The van der Waals surface area contributed by atoms with E-state index in [2.05, 4.69) is 17.0 Å². The summed E-state index contributed by atoms with van der Waals surface area (Å²) in [4.78, 5) is 13.3. The topological polar surface area (TPSA) is 64.7 Å². The lowest BCUT2D eigenvalue weighted by Crippen LogP contribution is -2.37. The maximum atomic E-state index is 13.9. The Morgan fingerprint density at radius 1 is 1.14 bits per heavy atom. The molecule has 1 saturated carbocycles. The number of hydrogen-bond donors (Lipinski definition) is 1. The van der Waals surface area contributed by atoms with Crippen molar-refractivity contribution in [2.45, 2.75) is 38.1 Å². The van der Waals surface area contributed by atoms with Crippen molar-refractivity contribution in [3.63, 3.8) is 0 Å². The minimum Gasteiger partial charge on any atom is -0.352 e. The number of aryl methyl sites for hydroxylation is 1. The number of aromatic nitrogens is 4. The second kappa shape index (κ2) is 9.53. The molecule has 0 aliphatic heterocycles. The molecular formula is C28H27F2N5O. The number of carbonyl (C=O) groups is 1. The van der Waals surface area contributed by atoms with E-state index in [-0.39, 0.29) is 24.3 Å². The Morgan fingerprint density at radius 3 is 2.61 bits per heavy atom. The number of para-hydroxylation sites is 1. The first-order valence-electron chi connectivity index (χ1n) is 11.8. The average Bonchev–Trinajstić information content (AvgIpc) is 3.54. The molecule has 6 nitrogen and oxygen atoms in total. The number of nitrogens with one attached hydrogen (secondary N) is 1. The third kappa shape index (κ3) is 4.58. The van der Waals surface area contributed by atoms with Gasteiger partial charge < -0.3 is 5.32 Å². The van der Waals surface area contributed by atoms with Crippen molar-refractivity contribution in [3.8, 4) is 16.9 Å². The molecule has 0 spiro atoms. The largest absolute Gasteiger partial charge is 0.352 e. The van der Waals surface area contributed by atoms with E-state index in [0.717, 1.165) is 39.8 Å². The highest BCUT2D eigenvalue weighted by Gasteiger charge is 2.33. The summed E-state index contributed by atoms with van der Waals surface area (Å²) >= 11 is 0. The second-order valence-corrected chi connectivity index (χ2v) is 9.36. The molecule has 5 rings (SSSR count). The molecule has 0 saturated heterocycles. The molecule has 1 fully saturated rings. The van der Waals surface area contributed by atoms with Gasteiger partial charge in [-0.25, -0.2) is 13.5 Å². The van der Waals surface area contributed by atoms with Gasteiger partial charge in [0.1, 0.15) is 0 Å². The maximum Gasteiger partial charge on any atom is 0.226 e. The van der Waals surface area contributed by atoms with Crippen LogP contribution in [-0.4, -0.2) is 31.5 Å².